The molecule has 1 atom stereocenters. The molecule has 5 heteroatoms. The molecule has 2 aliphatic heterocycles. The quantitative estimate of drug-likeness (QED) is 0.836. The van der Waals surface area contributed by atoms with Gasteiger partial charge in [0.25, 0.3) is 0 Å². The zero-order chi connectivity index (χ0) is 12.7. The molecule has 3 rings (SSSR count). The summed E-state index contributed by atoms with van der Waals surface area (Å²) in [7, 11) is 0. The summed E-state index contributed by atoms with van der Waals surface area (Å²) in [6, 6.07) is 0. The van der Waals surface area contributed by atoms with Crippen molar-refractivity contribution in [2.24, 2.45) is 5.92 Å². The number of anilines is 1. The molecule has 3 heterocycles. The number of carbonyl (C=O) groups is 1. The molecule has 4 nitrogen and oxygen atoms in total. The van der Waals surface area contributed by atoms with Crippen molar-refractivity contribution in [3.8, 4) is 0 Å². The van der Waals surface area contributed by atoms with Crippen molar-refractivity contribution in [3.63, 3.8) is 0 Å². The van der Waals surface area contributed by atoms with Gasteiger partial charge in [-0.05, 0) is 19.8 Å². The van der Waals surface area contributed by atoms with Gasteiger partial charge in [-0.2, -0.15) is 0 Å². The number of fused-ring (bicyclic) bond motifs is 1. The Kier molecular flexibility index (Phi) is 3.13. The Bertz CT molecular complexity index is 477. The van der Waals surface area contributed by atoms with E-state index in [0.29, 0.717) is 24.8 Å². The summed E-state index contributed by atoms with van der Waals surface area (Å²) in [6.07, 6.45) is 1.60. The Morgan fingerprint density at radius 2 is 2.11 bits per heavy atom. The predicted molar refractivity (Wildman–Crippen MR) is 69.8 cm³/mol. The molecular formula is C13H17NO3S. The largest absolute Gasteiger partial charge is 0.390 e. The molecule has 1 aromatic heterocycles. The number of carbonyl (C=O) groups excluding carboxylic acids is 1. The molecule has 1 fully saturated rings. The van der Waals surface area contributed by atoms with Crippen LogP contribution in [0.5, 0.6) is 0 Å². The number of Topliss-reactive ketones (excluding diaryl/α,β-unsaturated/α-hetero) is 1. The monoisotopic (exact) mass is 267 g/mol. The van der Waals surface area contributed by atoms with E-state index in [1.165, 1.54) is 11.3 Å². The van der Waals surface area contributed by atoms with E-state index in [2.05, 4.69) is 0 Å². The highest BCUT2D eigenvalue weighted by Crippen LogP contribution is 2.43. The van der Waals surface area contributed by atoms with Crippen molar-refractivity contribution >= 4 is 22.1 Å². The second-order valence-corrected chi connectivity index (χ2v) is 6.02. The maximum atomic E-state index is 12.6. The lowest BCUT2D eigenvalue weighted by atomic mass is 9.89. The highest BCUT2D eigenvalue weighted by atomic mass is 32.1. The molecule has 18 heavy (non-hydrogen) atoms. The van der Waals surface area contributed by atoms with Crippen molar-refractivity contribution in [3.05, 3.63) is 16.0 Å². The number of rotatable bonds is 2. The maximum absolute atomic E-state index is 12.6. The van der Waals surface area contributed by atoms with E-state index in [4.69, 9.17) is 15.2 Å². The van der Waals surface area contributed by atoms with E-state index in [1.807, 2.05) is 6.92 Å². The van der Waals surface area contributed by atoms with Gasteiger partial charge in [0, 0.05) is 29.6 Å². The normalized spacial score (nSPS) is 24.2. The number of ketones is 1. The highest BCUT2D eigenvalue weighted by Gasteiger charge is 2.34. The smallest absolute Gasteiger partial charge is 0.169 e. The van der Waals surface area contributed by atoms with Crippen molar-refractivity contribution < 1.29 is 14.3 Å². The van der Waals surface area contributed by atoms with Gasteiger partial charge >= 0.3 is 0 Å². The molecular weight excluding hydrogens is 250 g/mol. The molecule has 1 aromatic rings. The average Bonchev–Trinajstić information content (AvgIpc) is 2.89. The fraction of sp³-hybridized carbons (Fsp3) is 0.615. The van der Waals surface area contributed by atoms with Crippen molar-refractivity contribution in [2.45, 2.75) is 32.5 Å². The van der Waals surface area contributed by atoms with Crippen LogP contribution in [0.4, 0.5) is 5.00 Å². The minimum absolute atomic E-state index is 0.00709. The molecule has 2 N–H and O–H groups in total. The molecule has 0 radical (unpaired) electrons. The Hall–Kier alpha value is -0.910. The molecule has 1 saturated heterocycles. The molecule has 0 amide bonds. The molecule has 98 valence electrons. The Morgan fingerprint density at radius 3 is 2.83 bits per heavy atom. The summed E-state index contributed by atoms with van der Waals surface area (Å²) in [5.74, 6) is 0.248. The zero-order valence-electron chi connectivity index (χ0n) is 10.4. The van der Waals surface area contributed by atoms with Gasteiger partial charge in [-0.15, -0.1) is 11.3 Å². The Labute approximate surface area is 110 Å². The van der Waals surface area contributed by atoms with Crippen molar-refractivity contribution in [1.29, 1.82) is 0 Å². The summed E-state index contributed by atoms with van der Waals surface area (Å²) in [6.45, 7) is 3.93. The second-order valence-electron chi connectivity index (χ2n) is 4.88. The van der Waals surface area contributed by atoms with Gasteiger partial charge in [0.05, 0.1) is 23.3 Å². The van der Waals surface area contributed by atoms with E-state index in [-0.39, 0.29) is 17.8 Å². The van der Waals surface area contributed by atoms with Crippen LogP contribution in [0.25, 0.3) is 0 Å². The van der Waals surface area contributed by atoms with E-state index in [1.54, 1.807) is 0 Å². The van der Waals surface area contributed by atoms with Crippen molar-refractivity contribution in [2.75, 3.05) is 18.9 Å². The molecule has 0 bridgehead atoms. The number of nitrogen functional groups attached to an aromatic ring is 1. The van der Waals surface area contributed by atoms with E-state index in [9.17, 15) is 4.79 Å². The van der Waals surface area contributed by atoms with Gasteiger partial charge in [-0.3, -0.25) is 4.79 Å². The van der Waals surface area contributed by atoms with Crippen LogP contribution in [0.1, 0.15) is 46.7 Å². The molecule has 1 unspecified atom stereocenters. The lowest BCUT2D eigenvalue weighted by Crippen LogP contribution is -2.24. The van der Waals surface area contributed by atoms with Gasteiger partial charge in [0.15, 0.2) is 5.78 Å². The van der Waals surface area contributed by atoms with Gasteiger partial charge in [0.2, 0.25) is 0 Å². The highest BCUT2D eigenvalue weighted by molar-refractivity contribution is 7.16. The SMILES string of the molecule is CC1OCc2sc(N)c(C(=O)C3CCOCC3)c21. The Balaban J connectivity index is 1.94. The summed E-state index contributed by atoms with van der Waals surface area (Å²) in [4.78, 5) is 13.7. The third-order valence-corrected chi connectivity index (χ3v) is 4.77. The topological polar surface area (TPSA) is 61.5 Å². The van der Waals surface area contributed by atoms with Crippen LogP contribution in [-0.2, 0) is 16.1 Å². The fourth-order valence-corrected chi connectivity index (χ4v) is 3.83. The van der Waals surface area contributed by atoms with Crippen molar-refractivity contribution in [1.82, 2.24) is 0 Å². The van der Waals surface area contributed by atoms with Gasteiger partial charge < -0.3 is 15.2 Å². The fourth-order valence-electron chi connectivity index (χ4n) is 2.75. The standard InChI is InChI=1S/C13H17NO3S/c1-7-10-9(6-17-7)18-13(14)11(10)12(15)8-2-4-16-5-3-8/h7-8H,2-6,14H2,1H3. The van der Waals surface area contributed by atoms with Gasteiger partial charge in [-0.1, -0.05) is 0 Å². The number of hydrogen-bond acceptors (Lipinski definition) is 5. The van der Waals surface area contributed by atoms with Crippen LogP contribution in [-0.4, -0.2) is 19.0 Å². The van der Waals surface area contributed by atoms with Crippen LogP contribution in [0, 0.1) is 5.92 Å². The number of thiophene rings is 1. The average molecular weight is 267 g/mol. The first-order chi connectivity index (χ1) is 8.68. The first kappa shape index (κ1) is 12.1. The van der Waals surface area contributed by atoms with Crippen LogP contribution in [0.3, 0.4) is 0 Å². The zero-order valence-corrected chi connectivity index (χ0v) is 11.2. The number of hydrogen-bond donors (Lipinski definition) is 1. The minimum Gasteiger partial charge on any atom is -0.390 e. The third kappa shape index (κ3) is 1.86. The molecule has 0 spiro atoms. The summed E-state index contributed by atoms with van der Waals surface area (Å²) < 4.78 is 10.9. The molecule has 0 saturated carbocycles. The first-order valence-electron chi connectivity index (χ1n) is 6.33. The lowest BCUT2D eigenvalue weighted by Gasteiger charge is -2.21. The van der Waals surface area contributed by atoms with Gasteiger partial charge in [-0.25, -0.2) is 0 Å². The minimum atomic E-state index is -0.00709. The Morgan fingerprint density at radius 1 is 1.39 bits per heavy atom. The molecule has 0 aliphatic carbocycles. The van der Waals surface area contributed by atoms with Crippen LogP contribution in [0.2, 0.25) is 0 Å². The van der Waals surface area contributed by atoms with Crippen LogP contribution in [0.15, 0.2) is 0 Å². The van der Waals surface area contributed by atoms with E-state index >= 15 is 0 Å². The van der Waals surface area contributed by atoms with E-state index < -0.39 is 0 Å². The van der Waals surface area contributed by atoms with Gasteiger partial charge in [0.1, 0.15) is 0 Å². The van der Waals surface area contributed by atoms with Crippen LogP contribution >= 0.6 is 11.3 Å². The summed E-state index contributed by atoms with van der Waals surface area (Å²) >= 11 is 1.50. The summed E-state index contributed by atoms with van der Waals surface area (Å²) in [5.41, 5.74) is 7.80. The lowest BCUT2D eigenvalue weighted by molar-refractivity contribution is 0.0538. The first-order valence-corrected chi connectivity index (χ1v) is 7.14. The van der Waals surface area contributed by atoms with E-state index in [0.717, 1.165) is 28.8 Å². The number of ether oxygens (including phenoxy) is 2. The predicted octanol–water partition coefficient (Wildman–Crippen LogP) is 2.53. The number of nitrogens with two attached hydrogens (primary N) is 1. The molecule has 0 aromatic carbocycles. The summed E-state index contributed by atoms with van der Waals surface area (Å²) in [5, 5.41) is 0.659. The second kappa shape index (κ2) is 4.64. The molecule has 2 aliphatic rings. The third-order valence-electron chi connectivity index (χ3n) is 3.76. The maximum Gasteiger partial charge on any atom is 0.169 e. The van der Waals surface area contributed by atoms with Crippen LogP contribution < -0.4 is 5.73 Å².